The maximum absolute atomic E-state index is 13.5. The van der Waals surface area contributed by atoms with E-state index in [-0.39, 0.29) is 17.3 Å². The second-order valence-corrected chi connectivity index (χ2v) is 10.1. The van der Waals surface area contributed by atoms with Gasteiger partial charge >= 0.3 is 0 Å². The standard InChI is InChI=1S/C22H27ClN2O3S/c1-16-9-11-19(12-10-16)29(27,28)25(21-8-4-7-20(23)18(21)3)15-22(26)24-13-5-6-17(2)14-24/h4,7-12,17H,5-6,13-15H2,1-3H3/t17-/m1/s1. The van der Waals surface area contributed by atoms with Gasteiger partial charge in [0.05, 0.1) is 10.6 Å². The van der Waals surface area contributed by atoms with E-state index in [0.29, 0.717) is 35.3 Å². The van der Waals surface area contributed by atoms with Crippen LogP contribution in [0.1, 0.15) is 30.9 Å². The van der Waals surface area contributed by atoms with Crippen LogP contribution in [0.15, 0.2) is 47.4 Å². The average Bonchev–Trinajstić information content (AvgIpc) is 2.68. The third-order valence-corrected chi connectivity index (χ3v) is 7.59. The summed E-state index contributed by atoms with van der Waals surface area (Å²) >= 11 is 6.26. The normalized spacial score (nSPS) is 17.2. The minimum Gasteiger partial charge on any atom is -0.341 e. The zero-order chi connectivity index (χ0) is 21.2. The molecular weight excluding hydrogens is 408 g/mol. The number of carbonyl (C=O) groups excluding carboxylic acids is 1. The predicted molar refractivity (Wildman–Crippen MR) is 117 cm³/mol. The number of aryl methyl sites for hydroxylation is 1. The first kappa shape index (κ1) is 21.7. The molecule has 1 aliphatic heterocycles. The molecule has 156 valence electrons. The van der Waals surface area contributed by atoms with Gasteiger partial charge in [-0.05, 0) is 62.4 Å². The van der Waals surface area contributed by atoms with Crippen LogP contribution < -0.4 is 4.31 Å². The van der Waals surface area contributed by atoms with Crippen LogP contribution in [0.25, 0.3) is 0 Å². The van der Waals surface area contributed by atoms with E-state index in [0.717, 1.165) is 18.4 Å². The maximum atomic E-state index is 13.5. The highest BCUT2D eigenvalue weighted by Crippen LogP contribution is 2.31. The van der Waals surface area contributed by atoms with Gasteiger partial charge in [0.25, 0.3) is 10.0 Å². The molecule has 1 aliphatic rings. The highest BCUT2D eigenvalue weighted by atomic mass is 35.5. The molecule has 2 aromatic carbocycles. The monoisotopic (exact) mass is 434 g/mol. The summed E-state index contributed by atoms with van der Waals surface area (Å²) in [7, 11) is -3.93. The van der Waals surface area contributed by atoms with Gasteiger partial charge in [0.1, 0.15) is 6.54 Å². The number of rotatable bonds is 5. The van der Waals surface area contributed by atoms with Gasteiger partial charge in [-0.2, -0.15) is 0 Å². The van der Waals surface area contributed by atoms with Gasteiger partial charge in [-0.1, -0.05) is 42.3 Å². The highest BCUT2D eigenvalue weighted by Gasteiger charge is 2.31. The summed E-state index contributed by atoms with van der Waals surface area (Å²) < 4.78 is 28.2. The molecule has 0 spiro atoms. The van der Waals surface area contributed by atoms with E-state index in [4.69, 9.17) is 11.6 Å². The van der Waals surface area contributed by atoms with Crippen molar-refractivity contribution in [2.24, 2.45) is 5.92 Å². The predicted octanol–water partition coefficient (Wildman–Crippen LogP) is 4.41. The minimum atomic E-state index is -3.93. The summed E-state index contributed by atoms with van der Waals surface area (Å²) in [6.07, 6.45) is 2.02. The van der Waals surface area contributed by atoms with Crippen molar-refractivity contribution in [2.75, 3.05) is 23.9 Å². The number of likely N-dealkylation sites (tertiary alicyclic amines) is 1. The van der Waals surface area contributed by atoms with E-state index in [1.165, 1.54) is 4.31 Å². The Morgan fingerprint density at radius 2 is 1.86 bits per heavy atom. The second kappa shape index (κ2) is 8.76. The SMILES string of the molecule is Cc1ccc(S(=O)(=O)N(CC(=O)N2CCC[C@@H](C)C2)c2cccc(Cl)c2C)cc1. The lowest BCUT2D eigenvalue weighted by Crippen LogP contribution is -2.46. The fourth-order valence-electron chi connectivity index (χ4n) is 3.64. The number of carbonyl (C=O) groups is 1. The molecule has 2 aromatic rings. The molecule has 0 unspecified atom stereocenters. The van der Waals surface area contributed by atoms with Crippen LogP contribution in [-0.2, 0) is 14.8 Å². The Morgan fingerprint density at radius 3 is 2.52 bits per heavy atom. The molecule has 0 radical (unpaired) electrons. The zero-order valence-corrected chi connectivity index (χ0v) is 18.6. The number of amides is 1. The largest absolute Gasteiger partial charge is 0.341 e. The van der Waals surface area contributed by atoms with Crippen LogP contribution in [0.4, 0.5) is 5.69 Å². The van der Waals surface area contributed by atoms with Crippen molar-refractivity contribution < 1.29 is 13.2 Å². The lowest BCUT2D eigenvalue weighted by molar-refractivity contribution is -0.131. The van der Waals surface area contributed by atoms with Crippen LogP contribution in [0, 0.1) is 19.8 Å². The molecule has 0 bridgehead atoms. The molecule has 1 amide bonds. The van der Waals surface area contributed by atoms with Crippen LogP contribution >= 0.6 is 11.6 Å². The van der Waals surface area contributed by atoms with E-state index < -0.39 is 10.0 Å². The molecule has 0 saturated carbocycles. The van der Waals surface area contributed by atoms with Crippen LogP contribution in [0.5, 0.6) is 0 Å². The highest BCUT2D eigenvalue weighted by molar-refractivity contribution is 7.92. The van der Waals surface area contributed by atoms with Crippen LogP contribution in [0.2, 0.25) is 5.02 Å². The van der Waals surface area contributed by atoms with Gasteiger partial charge in [0.15, 0.2) is 0 Å². The van der Waals surface area contributed by atoms with Gasteiger partial charge in [-0.25, -0.2) is 8.42 Å². The fourth-order valence-corrected chi connectivity index (χ4v) is 5.28. The molecule has 0 aromatic heterocycles. The molecule has 1 heterocycles. The summed E-state index contributed by atoms with van der Waals surface area (Å²) in [4.78, 5) is 15.0. The number of hydrogen-bond donors (Lipinski definition) is 0. The van der Waals surface area contributed by atoms with Crippen LogP contribution in [0.3, 0.4) is 0 Å². The number of sulfonamides is 1. The first-order chi connectivity index (χ1) is 13.7. The molecule has 1 saturated heterocycles. The molecule has 1 atom stereocenters. The zero-order valence-electron chi connectivity index (χ0n) is 17.1. The van der Waals surface area contributed by atoms with Crippen LogP contribution in [-0.4, -0.2) is 38.9 Å². The number of anilines is 1. The number of benzene rings is 2. The van der Waals surface area contributed by atoms with Crippen molar-refractivity contribution in [3.05, 3.63) is 58.6 Å². The molecule has 5 nitrogen and oxygen atoms in total. The third kappa shape index (κ3) is 4.75. The van der Waals surface area contributed by atoms with Gasteiger partial charge in [-0.15, -0.1) is 0 Å². The second-order valence-electron chi connectivity index (χ2n) is 7.80. The summed E-state index contributed by atoms with van der Waals surface area (Å²) in [6.45, 7) is 6.85. The van der Waals surface area contributed by atoms with E-state index in [1.807, 2.05) is 6.92 Å². The molecule has 1 fully saturated rings. The van der Waals surface area contributed by atoms with Crippen molar-refractivity contribution in [2.45, 2.75) is 38.5 Å². The van der Waals surface area contributed by atoms with Crippen molar-refractivity contribution >= 4 is 33.2 Å². The molecule has 29 heavy (non-hydrogen) atoms. The third-order valence-electron chi connectivity index (χ3n) is 5.41. The Morgan fingerprint density at radius 1 is 1.17 bits per heavy atom. The summed E-state index contributed by atoms with van der Waals surface area (Å²) in [5.74, 6) is 0.231. The lowest BCUT2D eigenvalue weighted by atomic mass is 10.0. The summed E-state index contributed by atoms with van der Waals surface area (Å²) in [5.41, 5.74) is 2.02. The summed E-state index contributed by atoms with van der Waals surface area (Å²) in [5, 5.41) is 0.464. The van der Waals surface area contributed by atoms with E-state index in [9.17, 15) is 13.2 Å². The fraction of sp³-hybridized carbons (Fsp3) is 0.409. The minimum absolute atomic E-state index is 0.155. The Hall–Kier alpha value is -2.05. The maximum Gasteiger partial charge on any atom is 0.264 e. The van der Waals surface area contributed by atoms with Gasteiger partial charge in [0.2, 0.25) is 5.91 Å². The Balaban J connectivity index is 2.01. The van der Waals surface area contributed by atoms with Crippen molar-refractivity contribution in [1.82, 2.24) is 4.90 Å². The number of halogens is 1. The van der Waals surface area contributed by atoms with E-state index in [1.54, 1.807) is 54.3 Å². The first-order valence-corrected chi connectivity index (χ1v) is 11.6. The van der Waals surface area contributed by atoms with Crippen molar-refractivity contribution in [3.63, 3.8) is 0 Å². The van der Waals surface area contributed by atoms with Gasteiger partial charge in [-0.3, -0.25) is 9.10 Å². The molecule has 7 heteroatoms. The number of hydrogen-bond acceptors (Lipinski definition) is 3. The average molecular weight is 435 g/mol. The number of piperidine rings is 1. The number of nitrogens with zero attached hydrogens (tertiary/aromatic N) is 2. The van der Waals surface area contributed by atoms with Crippen molar-refractivity contribution in [3.8, 4) is 0 Å². The van der Waals surface area contributed by atoms with Gasteiger partial charge in [0, 0.05) is 18.1 Å². The smallest absolute Gasteiger partial charge is 0.264 e. The first-order valence-electron chi connectivity index (χ1n) is 9.82. The molecule has 3 rings (SSSR count). The van der Waals surface area contributed by atoms with E-state index >= 15 is 0 Å². The van der Waals surface area contributed by atoms with E-state index in [2.05, 4.69) is 6.92 Å². The lowest BCUT2D eigenvalue weighted by Gasteiger charge is -2.33. The Kier molecular flexibility index (Phi) is 6.54. The Labute approximate surface area is 178 Å². The summed E-state index contributed by atoms with van der Waals surface area (Å²) in [6, 6.07) is 11.8. The molecule has 0 N–H and O–H groups in total. The quantitative estimate of drug-likeness (QED) is 0.700. The Bertz CT molecular complexity index is 990. The van der Waals surface area contributed by atoms with Gasteiger partial charge < -0.3 is 4.90 Å². The topological polar surface area (TPSA) is 57.7 Å². The molecule has 0 aliphatic carbocycles. The molecular formula is C22H27ClN2O3S. The van der Waals surface area contributed by atoms with Crippen molar-refractivity contribution in [1.29, 1.82) is 0 Å².